The number of hydrogen-bond acceptors (Lipinski definition) is 3. The van der Waals surface area contributed by atoms with Gasteiger partial charge in [-0.05, 0) is 32.9 Å². The van der Waals surface area contributed by atoms with E-state index in [2.05, 4.69) is 9.38 Å². The van der Waals surface area contributed by atoms with Gasteiger partial charge in [-0.1, -0.05) is 4.40 Å². The molecule has 82 valence electrons. The molecule has 0 spiro atoms. The Morgan fingerprint density at radius 3 is 2.60 bits per heavy atom. The zero-order valence-electron chi connectivity index (χ0n) is 8.90. The highest BCUT2D eigenvalue weighted by Gasteiger charge is 2.25. The molecule has 1 unspecified atom stereocenters. The maximum Gasteiger partial charge on any atom is 0.212 e. The Kier molecular flexibility index (Phi) is 3.82. The van der Waals surface area contributed by atoms with Crippen LogP contribution in [-0.4, -0.2) is 20.5 Å². The summed E-state index contributed by atoms with van der Waals surface area (Å²) in [6.45, 7) is 5.51. The maximum atomic E-state index is 12.5. The summed E-state index contributed by atoms with van der Waals surface area (Å²) in [5.41, 5.74) is 0.633. The number of rotatable bonds is 2. The zero-order chi connectivity index (χ0) is 11.5. The second kappa shape index (κ2) is 4.72. The molecular formula is C10H13FN2OS. The van der Waals surface area contributed by atoms with Gasteiger partial charge in [-0.2, -0.15) is 4.39 Å². The molecule has 1 rings (SSSR count). The molecule has 0 amide bonds. The number of nitrogens with zero attached hydrogens (tertiary/aromatic N) is 2. The summed E-state index contributed by atoms with van der Waals surface area (Å²) in [6, 6.07) is 2.77. The Hall–Kier alpha value is -0.940. The van der Waals surface area contributed by atoms with Crippen molar-refractivity contribution < 1.29 is 8.94 Å². The van der Waals surface area contributed by atoms with Crippen LogP contribution in [0.25, 0.3) is 0 Å². The third-order valence-electron chi connectivity index (χ3n) is 1.57. The Morgan fingerprint density at radius 1 is 1.47 bits per heavy atom. The monoisotopic (exact) mass is 228 g/mol. The van der Waals surface area contributed by atoms with Crippen molar-refractivity contribution >= 4 is 17.6 Å². The van der Waals surface area contributed by atoms with Gasteiger partial charge in [0, 0.05) is 11.8 Å². The summed E-state index contributed by atoms with van der Waals surface area (Å²) >= 11 is -1.30. The highest BCUT2D eigenvalue weighted by Crippen LogP contribution is 2.16. The summed E-state index contributed by atoms with van der Waals surface area (Å²) in [6.07, 6.45) is 2.78. The van der Waals surface area contributed by atoms with Gasteiger partial charge in [0.15, 0.2) is 0 Å². The van der Waals surface area contributed by atoms with Crippen molar-refractivity contribution in [1.82, 2.24) is 4.98 Å². The van der Waals surface area contributed by atoms with E-state index in [9.17, 15) is 8.94 Å². The molecule has 0 N–H and O–H groups in total. The standard InChI is InChI=1S/C10H13FN2OS/c1-10(2,3)15(14)13-7-8-4-5-9(11)12-6-8/h4-7H,1-3H3. The van der Waals surface area contributed by atoms with E-state index in [0.717, 1.165) is 0 Å². The molecular weight excluding hydrogens is 215 g/mol. The molecule has 0 aliphatic heterocycles. The lowest BCUT2D eigenvalue weighted by molar-refractivity contribution is 0.562. The van der Waals surface area contributed by atoms with Gasteiger partial charge >= 0.3 is 0 Å². The lowest BCUT2D eigenvalue weighted by Gasteiger charge is -2.17. The average molecular weight is 228 g/mol. The van der Waals surface area contributed by atoms with Crippen LogP contribution in [0.1, 0.15) is 26.3 Å². The Morgan fingerprint density at radius 2 is 2.13 bits per heavy atom. The van der Waals surface area contributed by atoms with Gasteiger partial charge in [0.05, 0.1) is 6.21 Å². The van der Waals surface area contributed by atoms with E-state index in [-0.39, 0.29) is 4.75 Å². The van der Waals surface area contributed by atoms with Gasteiger partial charge < -0.3 is 4.55 Å². The molecule has 0 saturated carbocycles. The molecule has 0 radical (unpaired) electrons. The van der Waals surface area contributed by atoms with Crippen LogP contribution < -0.4 is 0 Å². The second-order valence-electron chi connectivity index (χ2n) is 4.01. The van der Waals surface area contributed by atoms with Crippen LogP contribution in [0.3, 0.4) is 0 Å². The average Bonchev–Trinajstić information content (AvgIpc) is 2.15. The third-order valence-corrected chi connectivity index (χ3v) is 2.92. The van der Waals surface area contributed by atoms with Crippen molar-refractivity contribution in [2.45, 2.75) is 25.5 Å². The summed E-state index contributed by atoms with van der Waals surface area (Å²) in [5, 5.41) is 0. The SMILES string of the molecule is CC(C)(C)[S+]([O-])N=Cc1ccc(F)nc1. The molecule has 0 bridgehead atoms. The minimum absolute atomic E-state index is 0.385. The lowest BCUT2D eigenvalue weighted by atomic mass is 10.3. The molecule has 0 aliphatic rings. The third kappa shape index (κ3) is 3.97. The molecule has 5 heteroatoms. The van der Waals surface area contributed by atoms with Crippen LogP contribution in [0.2, 0.25) is 0 Å². The van der Waals surface area contributed by atoms with Crippen molar-refractivity contribution in [3.05, 3.63) is 29.8 Å². The Bertz CT molecular complexity index is 345. The number of pyridine rings is 1. The van der Waals surface area contributed by atoms with Crippen LogP contribution in [0.15, 0.2) is 22.7 Å². The molecule has 1 atom stereocenters. The van der Waals surface area contributed by atoms with E-state index in [0.29, 0.717) is 5.56 Å². The van der Waals surface area contributed by atoms with Gasteiger partial charge in [0.2, 0.25) is 5.95 Å². The normalized spacial score (nSPS) is 14.5. The predicted octanol–water partition coefficient (Wildman–Crippen LogP) is 2.10. The highest BCUT2D eigenvalue weighted by molar-refractivity contribution is 7.91. The Labute approximate surface area is 91.8 Å². The van der Waals surface area contributed by atoms with Gasteiger partial charge in [-0.25, -0.2) is 4.98 Å². The molecule has 0 saturated heterocycles. The molecule has 1 heterocycles. The first-order chi connectivity index (χ1) is 6.89. The molecule has 0 aromatic carbocycles. The summed E-state index contributed by atoms with van der Waals surface area (Å²) < 4.78 is 27.5. The quantitative estimate of drug-likeness (QED) is 0.442. The van der Waals surface area contributed by atoms with Crippen molar-refractivity contribution in [2.75, 3.05) is 0 Å². The topological polar surface area (TPSA) is 48.3 Å². The van der Waals surface area contributed by atoms with Crippen LogP contribution >= 0.6 is 0 Å². The van der Waals surface area contributed by atoms with Crippen LogP contribution in [-0.2, 0) is 11.4 Å². The maximum absolute atomic E-state index is 12.5. The van der Waals surface area contributed by atoms with E-state index in [4.69, 9.17) is 0 Å². The first kappa shape index (κ1) is 12.1. The van der Waals surface area contributed by atoms with Gasteiger partial charge in [-0.3, -0.25) is 0 Å². The van der Waals surface area contributed by atoms with E-state index in [1.807, 2.05) is 20.8 Å². The van der Waals surface area contributed by atoms with Gasteiger partial charge in [0.25, 0.3) is 0 Å². The van der Waals surface area contributed by atoms with Crippen LogP contribution in [0.4, 0.5) is 4.39 Å². The fourth-order valence-corrected chi connectivity index (χ4v) is 1.26. The molecule has 0 fully saturated rings. The molecule has 0 aliphatic carbocycles. The van der Waals surface area contributed by atoms with Crippen LogP contribution in [0.5, 0.6) is 0 Å². The van der Waals surface area contributed by atoms with Gasteiger partial charge in [0.1, 0.15) is 16.1 Å². The fraction of sp³-hybridized carbons (Fsp3) is 0.400. The molecule has 15 heavy (non-hydrogen) atoms. The second-order valence-corrected chi connectivity index (χ2v) is 5.94. The van der Waals surface area contributed by atoms with Crippen LogP contribution in [0, 0.1) is 5.95 Å². The largest absolute Gasteiger partial charge is 0.591 e. The van der Waals surface area contributed by atoms with E-state index >= 15 is 0 Å². The number of aromatic nitrogens is 1. The fourth-order valence-electron chi connectivity index (χ4n) is 0.730. The molecule has 1 aromatic heterocycles. The van der Waals surface area contributed by atoms with Crippen molar-refractivity contribution in [3.63, 3.8) is 0 Å². The van der Waals surface area contributed by atoms with Crippen molar-refractivity contribution in [2.24, 2.45) is 4.40 Å². The van der Waals surface area contributed by atoms with E-state index in [1.165, 1.54) is 24.5 Å². The summed E-state index contributed by atoms with van der Waals surface area (Å²) in [7, 11) is 0. The highest BCUT2D eigenvalue weighted by atomic mass is 32.2. The number of halogens is 1. The van der Waals surface area contributed by atoms with Crippen molar-refractivity contribution in [3.8, 4) is 0 Å². The lowest BCUT2D eigenvalue weighted by Crippen LogP contribution is -2.25. The minimum atomic E-state index is -1.30. The molecule has 3 nitrogen and oxygen atoms in total. The summed E-state index contributed by atoms with van der Waals surface area (Å²) in [5.74, 6) is -0.538. The van der Waals surface area contributed by atoms with E-state index in [1.54, 1.807) is 0 Å². The van der Waals surface area contributed by atoms with Gasteiger partial charge in [-0.15, -0.1) is 0 Å². The predicted molar refractivity (Wildman–Crippen MR) is 59.7 cm³/mol. The van der Waals surface area contributed by atoms with E-state index < -0.39 is 17.3 Å². The smallest absolute Gasteiger partial charge is 0.212 e. The zero-order valence-corrected chi connectivity index (χ0v) is 9.71. The first-order valence-corrected chi connectivity index (χ1v) is 5.58. The van der Waals surface area contributed by atoms with Crippen molar-refractivity contribution in [1.29, 1.82) is 0 Å². The molecule has 1 aromatic rings. The number of hydrogen-bond donors (Lipinski definition) is 0. The Balaban J connectivity index is 2.70. The first-order valence-electron chi connectivity index (χ1n) is 4.47. The minimum Gasteiger partial charge on any atom is -0.591 e. The summed E-state index contributed by atoms with van der Waals surface area (Å²) in [4.78, 5) is 3.46.